The molecule has 2 nitrogen and oxygen atoms in total. The molecule has 0 aliphatic heterocycles. The molecule has 0 aliphatic rings. The van der Waals surface area contributed by atoms with E-state index in [1.807, 2.05) is 0 Å². The molecule has 0 fully saturated rings. The lowest BCUT2D eigenvalue weighted by Crippen LogP contribution is -2.30. The van der Waals surface area contributed by atoms with Crippen molar-refractivity contribution in [3.63, 3.8) is 0 Å². The van der Waals surface area contributed by atoms with E-state index in [9.17, 15) is 0 Å². The van der Waals surface area contributed by atoms with Crippen LogP contribution in [0, 0.1) is 6.92 Å². The Bertz CT molecular complexity index is 1310. The van der Waals surface area contributed by atoms with Gasteiger partial charge < -0.3 is 4.57 Å². The van der Waals surface area contributed by atoms with Crippen LogP contribution in [0.4, 0.5) is 0 Å². The fraction of sp³-hybridized carbons (Fsp3) is 0.125. The summed E-state index contributed by atoms with van der Waals surface area (Å²) in [4.78, 5) is 0. The summed E-state index contributed by atoms with van der Waals surface area (Å²) in [5, 5.41) is 5.23. The molecule has 0 N–H and O–H groups in total. The van der Waals surface area contributed by atoms with Crippen molar-refractivity contribution in [1.29, 1.82) is 0 Å². The third-order valence-corrected chi connectivity index (χ3v) is 5.57. The van der Waals surface area contributed by atoms with Crippen molar-refractivity contribution in [2.24, 2.45) is 14.1 Å². The van der Waals surface area contributed by atoms with Crippen LogP contribution in [-0.2, 0) is 14.1 Å². The molecular weight excluding hydrogens is 316 g/mol. The number of fused-ring (bicyclic) bond motifs is 5. The minimum absolute atomic E-state index is 1.27. The molecule has 0 saturated carbocycles. The van der Waals surface area contributed by atoms with Crippen LogP contribution in [0.5, 0.6) is 0 Å². The number of pyridine rings is 1. The minimum Gasteiger partial charge on any atom is -0.343 e. The molecule has 0 spiro atoms. The molecule has 0 unspecified atom stereocenters. The largest absolute Gasteiger partial charge is 0.343 e. The highest BCUT2D eigenvalue weighted by molar-refractivity contribution is 6.20. The Morgan fingerprint density at radius 1 is 0.808 bits per heavy atom. The summed E-state index contributed by atoms with van der Waals surface area (Å²) in [5.41, 5.74) is 6.45. The van der Waals surface area contributed by atoms with E-state index in [2.05, 4.69) is 103 Å². The van der Waals surface area contributed by atoms with Gasteiger partial charge in [-0.05, 0) is 23.9 Å². The first kappa shape index (κ1) is 15.2. The highest BCUT2D eigenvalue weighted by Gasteiger charge is 2.22. The summed E-state index contributed by atoms with van der Waals surface area (Å²) in [6.45, 7) is 2.19. The molecule has 0 aliphatic carbocycles. The summed E-state index contributed by atoms with van der Waals surface area (Å²) in [7, 11) is 4.32. The second-order valence-electron chi connectivity index (χ2n) is 7.09. The molecule has 0 amide bonds. The van der Waals surface area contributed by atoms with E-state index >= 15 is 0 Å². The first-order chi connectivity index (χ1) is 12.7. The SMILES string of the molecule is Cc1ccccc1-c1c2c3ccc4ccccc4c3n(C)c2cc[n+]1C. The van der Waals surface area contributed by atoms with E-state index in [-0.39, 0.29) is 0 Å². The molecule has 26 heavy (non-hydrogen) atoms. The number of rotatable bonds is 1. The summed E-state index contributed by atoms with van der Waals surface area (Å²) in [6.07, 6.45) is 2.17. The van der Waals surface area contributed by atoms with E-state index in [1.54, 1.807) is 0 Å². The van der Waals surface area contributed by atoms with Gasteiger partial charge in [0.1, 0.15) is 7.05 Å². The Labute approximate surface area is 152 Å². The van der Waals surface area contributed by atoms with Crippen molar-refractivity contribution < 1.29 is 4.57 Å². The maximum absolute atomic E-state index is 2.34. The Morgan fingerprint density at radius 2 is 1.58 bits per heavy atom. The third-order valence-electron chi connectivity index (χ3n) is 5.57. The standard InChI is InChI=1S/C24H21N2/c1-16-8-4-6-10-18(16)24-22-20-13-12-17-9-5-7-11-19(17)23(20)26(3)21(22)14-15-25(24)2/h4-15H,1-3H3/q+1. The molecule has 5 aromatic rings. The van der Waals surface area contributed by atoms with Crippen molar-refractivity contribution in [3.05, 3.63) is 78.5 Å². The van der Waals surface area contributed by atoms with Gasteiger partial charge in [0.15, 0.2) is 6.20 Å². The Kier molecular flexibility index (Phi) is 3.17. The number of aryl methyl sites for hydroxylation is 3. The van der Waals surface area contributed by atoms with Gasteiger partial charge in [0.2, 0.25) is 5.69 Å². The molecule has 0 saturated heterocycles. The smallest absolute Gasteiger partial charge is 0.222 e. The number of hydrogen-bond donors (Lipinski definition) is 0. The first-order valence-corrected chi connectivity index (χ1v) is 9.01. The summed E-state index contributed by atoms with van der Waals surface area (Å²) in [5.74, 6) is 0. The summed E-state index contributed by atoms with van der Waals surface area (Å²) < 4.78 is 4.59. The predicted molar refractivity (Wildman–Crippen MR) is 109 cm³/mol. The average Bonchev–Trinajstić information content (AvgIpc) is 2.95. The number of aromatic nitrogens is 2. The van der Waals surface area contributed by atoms with Gasteiger partial charge in [0.05, 0.1) is 16.4 Å². The normalized spacial score (nSPS) is 11.7. The van der Waals surface area contributed by atoms with E-state index in [1.165, 1.54) is 49.4 Å². The highest BCUT2D eigenvalue weighted by Crippen LogP contribution is 2.37. The fourth-order valence-corrected chi connectivity index (χ4v) is 4.28. The van der Waals surface area contributed by atoms with E-state index in [4.69, 9.17) is 0 Å². The van der Waals surface area contributed by atoms with Crippen LogP contribution in [0.25, 0.3) is 43.8 Å². The predicted octanol–water partition coefficient (Wildman–Crippen LogP) is 5.28. The van der Waals surface area contributed by atoms with Gasteiger partial charge in [-0.3, -0.25) is 0 Å². The Hall–Kier alpha value is -3.13. The Balaban J connectivity index is 2.05. The Morgan fingerprint density at radius 3 is 2.42 bits per heavy atom. The lowest BCUT2D eigenvalue weighted by molar-refractivity contribution is -0.659. The van der Waals surface area contributed by atoms with Crippen molar-refractivity contribution in [3.8, 4) is 11.3 Å². The zero-order chi connectivity index (χ0) is 17.8. The van der Waals surface area contributed by atoms with Crippen LogP contribution in [0.1, 0.15) is 5.56 Å². The van der Waals surface area contributed by atoms with Crippen LogP contribution in [0.15, 0.2) is 72.9 Å². The van der Waals surface area contributed by atoms with E-state index in [0.29, 0.717) is 0 Å². The van der Waals surface area contributed by atoms with Crippen LogP contribution >= 0.6 is 0 Å². The van der Waals surface area contributed by atoms with Gasteiger partial charge in [0, 0.05) is 29.4 Å². The lowest BCUT2D eigenvalue weighted by Gasteiger charge is -2.06. The molecule has 2 aromatic heterocycles. The first-order valence-electron chi connectivity index (χ1n) is 9.01. The average molecular weight is 337 g/mol. The number of benzene rings is 3. The van der Waals surface area contributed by atoms with Crippen LogP contribution < -0.4 is 4.57 Å². The second-order valence-corrected chi connectivity index (χ2v) is 7.09. The van der Waals surface area contributed by atoms with Gasteiger partial charge >= 0.3 is 0 Å². The number of hydrogen-bond acceptors (Lipinski definition) is 0. The molecule has 126 valence electrons. The molecule has 0 atom stereocenters. The van der Waals surface area contributed by atoms with Crippen molar-refractivity contribution in [1.82, 2.24) is 4.57 Å². The molecule has 0 radical (unpaired) electrons. The number of nitrogens with zero attached hydrogens (tertiary/aromatic N) is 2. The summed E-state index contributed by atoms with van der Waals surface area (Å²) in [6, 6.07) is 24.0. The van der Waals surface area contributed by atoms with Crippen molar-refractivity contribution in [2.75, 3.05) is 0 Å². The molecule has 3 aromatic carbocycles. The van der Waals surface area contributed by atoms with Gasteiger partial charge in [-0.25, -0.2) is 4.57 Å². The maximum Gasteiger partial charge on any atom is 0.222 e. The molecule has 5 rings (SSSR count). The minimum atomic E-state index is 1.27. The van der Waals surface area contributed by atoms with Gasteiger partial charge in [-0.1, -0.05) is 54.6 Å². The summed E-state index contributed by atoms with van der Waals surface area (Å²) >= 11 is 0. The molecular formula is C24H21N2+. The zero-order valence-electron chi connectivity index (χ0n) is 15.3. The van der Waals surface area contributed by atoms with Crippen LogP contribution in [0.2, 0.25) is 0 Å². The quantitative estimate of drug-likeness (QED) is 0.368. The van der Waals surface area contributed by atoms with E-state index in [0.717, 1.165) is 0 Å². The van der Waals surface area contributed by atoms with Crippen LogP contribution in [-0.4, -0.2) is 4.57 Å². The van der Waals surface area contributed by atoms with Crippen molar-refractivity contribution >= 4 is 32.6 Å². The topological polar surface area (TPSA) is 8.81 Å². The van der Waals surface area contributed by atoms with E-state index < -0.39 is 0 Å². The molecule has 2 heterocycles. The zero-order valence-corrected chi connectivity index (χ0v) is 15.3. The monoisotopic (exact) mass is 337 g/mol. The van der Waals surface area contributed by atoms with Gasteiger partial charge in [-0.2, -0.15) is 0 Å². The van der Waals surface area contributed by atoms with Crippen molar-refractivity contribution in [2.45, 2.75) is 6.92 Å². The maximum atomic E-state index is 2.34. The highest BCUT2D eigenvalue weighted by atomic mass is 15.0. The fourth-order valence-electron chi connectivity index (χ4n) is 4.28. The molecule has 2 heteroatoms. The molecule has 0 bridgehead atoms. The third kappa shape index (κ3) is 1.96. The van der Waals surface area contributed by atoms with Gasteiger partial charge in [0.25, 0.3) is 0 Å². The second kappa shape index (κ2) is 5.43. The van der Waals surface area contributed by atoms with Crippen LogP contribution in [0.3, 0.4) is 0 Å². The van der Waals surface area contributed by atoms with Gasteiger partial charge in [-0.15, -0.1) is 0 Å². The lowest BCUT2D eigenvalue weighted by atomic mass is 9.99.